The topological polar surface area (TPSA) is 94.8 Å². The van der Waals surface area contributed by atoms with Gasteiger partial charge in [-0.15, -0.1) is 0 Å². The van der Waals surface area contributed by atoms with Crippen LogP contribution in [0.1, 0.15) is 15.9 Å². The molecule has 3 N–H and O–H groups in total. The fourth-order valence-corrected chi connectivity index (χ4v) is 3.40. The second kappa shape index (κ2) is 8.16. The highest BCUT2D eigenvalue weighted by atomic mass is 16.2. The largest absolute Gasteiger partial charge is 0.377 e. The molecule has 1 aliphatic rings. The molecule has 0 saturated carbocycles. The van der Waals surface area contributed by atoms with Gasteiger partial charge in [0.2, 0.25) is 0 Å². The molecule has 3 rings (SSSR count). The quantitative estimate of drug-likeness (QED) is 0.842. The van der Waals surface area contributed by atoms with E-state index in [1.807, 2.05) is 49.0 Å². The van der Waals surface area contributed by atoms with Crippen molar-refractivity contribution < 1.29 is 9.59 Å². The minimum Gasteiger partial charge on any atom is -0.377 e. The van der Waals surface area contributed by atoms with Crippen LogP contribution < -0.4 is 20.9 Å². The molecule has 1 aromatic heterocycles. The average molecular weight is 382 g/mol. The van der Waals surface area contributed by atoms with E-state index in [0.717, 1.165) is 16.9 Å². The molecule has 0 atom stereocenters. The average Bonchev–Trinajstić information content (AvgIpc) is 2.68. The summed E-state index contributed by atoms with van der Waals surface area (Å²) in [6, 6.07) is 9.10. The Bertz CT molecular complexity index is 875. The molecule has 1 aromatic carbocycles. The Morgan fingerprint density at radius 3 is 2.46 bits per heavy atom. The lowest BCUT2D eigenvalue weighted by Gasteiger charge is -2.35. The zero-order valence-corrected chi connectivity index (χ0v) is 16.5. The molecular weight excluding hydrogens is 356 g/mol. The number of aromatic nitrogens is 1. The summed E-state index contributed by atoms with van der Waals surface area (Å²) in [4.78, 5) is 34.3. The highest BCUT2D eigenvalue weighted by Gasteiger charge is 2.24. The van der Waals surface area contributed by atoms with E-state index in [1.165, 1.54) is 0 Å². The van der Waals surface area contributed by atoms with Crippen molar-refractivity contribution in [1.29, 1.82) is 0 Å². The Labute approximate surface area is 164 Å². The number of anilines is 3. The van der Waals surface area contributed by atoms with Gasteiger partial charge in [0, 0.05) is 57.8 Å². The number of piperazine rings is 1. The number of primary amides is 1. The van der Waals surface area contributed by atoms with Crippen molar-refractivity contribution in [3.05, 3.63) is 47.7 Å². The standard InChI is InChI=1S/C20H26N6O2/c1-14-13-15(6-7-17(14)24(2)3)23-20(28)26-11-9-25(10-12-26)19-16(18(21)27)5-4-8-22-19/h4-8,13H,9-12H2,1-3H3,(H2,21,27)(H,23,28). The number of carbonyl (C=O) groups is 2. The SMILES string of the molecule is Cc1cc(NC(=O)N2CCN(c3ncccc3C(N)=O)CC2)ccc1N(C)C. The van der Waals surface area contributed by atoms with Gasteiger partial charge in [-0.3, -0.25) is 4.79 Å². The van der Waals surface area contributed by atoms with E-state index in [4.69, 9.17) is 5.73 Å². The first-order valence-electron chi connectivity index (χ1n) is 9.20. The fourth-order valence-electron chi connectivity index (χ4n) is 3.40. The Hall–Kier alpha value is -3.29. The van der Waals surface area contributed by atoms with Crippen LogP contribution in [0.5, 0.6) is 0 Å². The fraction of sp³-hybridized carbons (Fsp3) is 0.350. The zero-order valence-electron chi connectivity index (χ0n) is 16.5. The minimum atomic E-state index is -0.500. The maximum absolute atomic E-state index is 12.6. The van der Waals surface area contributed by atoms with Crippen molar-refractivity contribution in [2.75, 3.05) is 55.4 Å². The van der Waals surface area contributed by atoms with Gasteiger partial charge in [-0.2, -0.15) is 0 Å². The van der Waals surface area contributed by atoms with Crippen LogP contribution in [0.25, 0.3) is 0 Å². The van der Waals surface area contributed by atoms with E-state index in [-0.39, 0.29) is 6.03 Å². The number of aryl methyl sites for hydroxylation is 1. The summed E-state index contributed by atoms with van der Waals surface area (Å²) in [5.74, 6) is 0.0739. The Morgan fingerprint density at radius 2 is 1.86 bits per heavy atom. The number of benzene rings is 1. The number of amides is 3. The molecule has 8 heteroatoms. The normalized spacial score (nSPS) is 14.0. The molecule has 8 nitrogen and oxygen atoms in total. The maximum atomic E-state index is 12.6. The first-order chi connectivity index (χ1) is 13.4. The van der Waals surface area contributed by atoms with Gasteiger partial charge in [0.25, 0.3) is 5.91 Å². The van der Waals surface area contributed by atoms with Gasteiger partial charge < -0.3 is 25.8 Å². The number of nitrogens with zero attached hydrogens (tertiary/aromatic N) is 4. The predicted molar refractivity (Wildman–Crippen MR) is 111 cm³/mol. The van der Waals surface area contributed by atoms with Crippen LogP contribution in [0.4, 0.5) is 22.0 Å². The van der Waals surface area contributed by atoms with E-state index in [9.17, 15) is 9.59 Å². The Morgan fingerprint density at radius 1 is 1.14 bits per heavy atom. The molecule has 2 aromatic rings. The van der Waals surface area contributed by atoms with Crippen LogP contribution in [0.15, 0.2) is 36.5 Å². The van der Waals surface area contributed by atoms with Gasteiger partial charge in [0.15, 0.2) is 0 Å². The van der Waals surface area contributed by atoms with Crippen molar-refractivity contribution in [2.24, 2.45) is 5.73 Å². The molecule has 1 aliphatic heterocycles. The first kappa shape index (κ1) is 19.5. The molecule has 0 radical (unpaired) electrons. The summed E-state index contributed by atoms with van der Waals surface area (Å²) in [6.45, 7) is 4.27. The first-order valence-corrected chi connectivity index (χ1v) is 9.20. The molecule has 148 valence electrons. The van der Waals surface area contributed by atoms with E-state index in [2.05, 4.69) is 10.3 Å². The number of urea groups is 1. The number of pyridine rings is 1. The van der Waals surface area contributed by atoms with Gasteiger partial charge in [0.05, 0.1) is 5.56 Å². The third-order valence-corrected chi connectivity index (χ3v) is 4.85. The van der Waals surface area contributed by atoms with Gasteiger partial charge in [0.1, 0.15) is 5.82 Å². The molecule has 3 amide bonds. The lowest BCUT2D eigenvalue weighted by molar-refractivity contribution is 0.1000. The number of rotatable bonds is 4. The lowest BCUT2D eigenvalue weighted by atomic mass is 10.1. The summed E-state index contributed by atoms with van der Waals surface area (Å²) in [5, 5.41) is 2.96. The van der Waals surface area contributed by atoms with Crippen molar-refractivity contribution in [3.8, 4) is 0 Å². The predicted octanol–water partition coefficient (Wildman–Crippen LogP) is 1.91. The van der Waals surface area contributed by atoms with E-state index in [0.29, 0.717) is 37.6 Å². The summed E-state index contributed by atoms with van der Waals surface area (Å²) in [5.41, 5.74) is 8.83. The smallest absolute Gasteiger partial charge is 0.321 e. The Kier molecular flexibility index (Phi) is 5.67. The van der Waals surface area contributed by atoms with Gasteiger partial charge >= 0.3 is 6.03 Å². The summed E-state index contributed by atoms with van der Waals surface area (Å²) >= 11 is 0. The lowest BCUT2D eigenvalue weighted by Crippen LogP contribution is -2.50. The molecule has 0 spiro atoms. The van der Waals surface area contributed by atoms with E-state index < -0.39 is 5.91 Å². The molecule has 1 saturated heterocycles. The number of hydrogen-bond acceptors (Lipinski definition) is 5. The molecule has 1 fully saturated rings. The number of hydrogen-bond donors (Lipinski definition) is 2. The van der Waals surface area contributed by atoms with Crippen LogP contribution in [-0.2, 0) is 0 Å². The molecule has 0 bridgehead atoms. The Balaban J connectivity index is 1.62. The van der Waals surface area contributed by atoms with E-state index >= 15 is 0 Å². The monoisotopic (exact) mass is 382 g/mol. The maximum Gasteiger partial charge on any atom is 0.321 e. The van der Waals surface area contributed by atoms with Crippen LogP contribution >= 0.6 is 0 Å². The van der Waals surface area contributed by atoms with Crippen LogP contribution in [0, 0.1) is 6.92 Å². The van der Waals surface area contributed by atoms with Gasteiger partial charge in [-0.25, -0.2) is 9.78 Å². The summed E-state index contributed by atoms with van der Waals surface area (Å²) in [6.07, 6.45) is 1.64. The highest BCUT2D eigenvalue weighted by Crippen LogP contribution is 2.23. The second-order valence-electron chi connectivity index (χ2n) is 7.04. The van der Waals surface area contributed by atoms with Crippen LogP contribution in [0.2, 0.25) is 0 Å². The highest BCUT2D eigenvalue weighted by molar-refractivity contribution is 5.97. The molecule has 0 unspecified atom stereocenters. The second-order valence-corrected chi connectivity index (χ2v) is 7.04. The van der Waals surface area contributed by atoms with Crippen molar-refractivity contribution in [1.82, 2.24) is 9.88 Å². The van der Waals surface area contributed by atoms with Gasteiger partial charge in [-0.1, -0.05) is 0 Å². The molecule has 0 aliphatic carbocycles. The zero-order chi connectivity index (χ0) is 20.3. The number of nitrogens with one attached hydrogen (secondary N) is 1. The number of nitrogens with two attached hydrogens (primary N) is 1. The van der Waals surface area contributed by atoms with Crippen molar-refractivity contribution in [2.45, 2.75) is 6.92 Å². The van der Waals surface area contributed by atoms with Crippen molar-refractivity contribution >= 4 is 29.1 Å². The molecular formula is C20H26N6O2. The third kappa shape index (κ3) is 4.16. The summed E-state index contributed by atoms with van der Waals surface area (Å²) < 4.78 is 0. The molecule has 28 heavy (non-hydrogen) atoms. The van der Waals surface area contributed by atoms with Crippen molar-refractivity contribution in [3.63, 3.8) is 0 Å². The molecule has 2 heterocycles. The van der Waals surface area contributed by atoms with Crippen LogP contribution in [-0.4, -0.2) is 62.1 Å². The summed E-state index contributed by atoms with van der Waals surface area (Å²) in [7, 11) is 3.98. The minimum absolute atomic E-state index is 0.132. The van der Waals surface area contributed by atoms with E-state index in [1.54, 1.807) is 23.2 Å². The number of carbonyl (C=O) groups excluding carboxylic acids is 2. The third-order valence-electron chi connectivity index (χ3n) is 4.85. The van der Waals surface area contributed by atoms with Crippen LogP contribution in [0.3, 0.4) is 0 Å². The van der Waals surface area contributed by atoms with Gasteiger partial charge in [-0.05, 0) is 42.8 Å².